The van der Waals surface area contributed by atoms with Gasteiger partial charge in [-0.15, -0.1) is 5.10 Å². The largest absolute Gasteiger partial charge is 0.359 e. The molecule has 3 heterocycles. The number of ether oxygens (including phenoxy) is 1. The lowest BCUT2D eigenvalue weighted by Crippen LogP contribution is -2.22. The summed E-state index contributed by atoms with van der Waals surface area (Å²) < 4.78 is 9.81. The standard InChI is InChI=1S/C12H17BrN6OSi/c1-21(2,3)5-4-20-8-19-12-9(6-15-19)10-11(13)16-17-18(10)7-14-12/h6-7H,4-5,8H2,1-3H3. The molecule has 0 aromatic carbocycles. The Bertz CT molecular complexity index is 777. The average molecular weight is 369 g/mol. The van der Waals surface area contributed by atoms with Crippen LogP contribution < -0.4 is 0 Å². The Labute approximate surface area is 131 Å². The van der Waals surface area contributed by atoms with E-state index in [0.29, 0.717) is 11.3 Å². The third-order valence-corrected chi connectivity index (χ3v) is 5.46. The Hall–Kier alpha value is -1.32. The van der Waals surface area contributed by atoms with Gasteiger partial charge in [-0.2, -0.15) is 5.10 Å². The maximum Gasteiger partial charge on any atom is 0.164 e. The van der Waals surface area contributed by atoms with Crippen molar-refractivity contribution in [1.29, 1.82) is 0 Å². The van der Waals surface area contributed by atoms with Gasteiger partial charge in [0.15, 0.2) is 10.3 Å². The van der Waals surface area contributed by atoms with Crippen molar-refractivity contribution in [3.63, 3.8) is 0 Å². The summed E-state index contributed by atoms with van der Waals surface area (Å²) in [7, 11) is -1.06. The minimum Gasteiger partial charge on any atom is -0.359 e. The Morgan fingerprint density at radius 1 is 1.33 bits per heavy atom. The van der Waals surface area contributed by atoms with Crippen LogP contribution >= 0.6 is 15.9 Å². The Kier molecular flexibility index (Phi) is 3.80. The molecule has 21 heavy (non-hydrogen) atoms. The summed E-state index contributed by atoms with van der Waals surface area (Å²) in [4.78, 5) is 4.38. The smallest absolute Gasteiger partial charge is 0.164 e. The van der Waals surface area contributed by atoms with E-state index in [0.717, 1.165) is 29.2 Å². The van der Waals surface area contributed by atoms with Crippen LogP contribution in [-0.4, -0.2) is 44.3 Å². The fourth-order valence-corrected chi connectivity index (χ4v) is 3.23. The first-order chi connectivity index (χ1) is 9.96. The third-order valence-electron chi connectivity index (χ3n) is 3.22. The lowest BCUT2D eigenvalue weighted by molar-refractivity contribution is 0.0813. The average Bonchev–Trinajstić information content (AvgIpc) is 2.98. The first kappa shape index (κ1) is 14.6. The molecule has 0 radical (unpaired) electrons. The molecule has 0 aliphatic heterocycles. The van der Waals surface area contributed by atoms with Gasteiger partial charge >= 0.3 is 0 Å². The molecule has 3 aromatic heterocycles. The summed E-state index contributed by atoms with van der Waals surface area (Å²) in [6.45, 7) is 8.18. The molecule has 0 aliphatic rings. The summed E-state index contributed by atoms with van der Waals surface area (Å²) in [5.74, 6) is 0. The van der Waals surface area contributed by atoms with Crippen molar-refractivity contribution in [1.82, 2.24) is 29.6 Å². The van der Waals surface area contributed by atoms with Crippen LogP contribution in [0.15, 0.2) is 17.1 Å². The fraction of sp³-hybridized carbons (Fsp3) is 0.500. The predicted octanol–water partition coefficient (Wildman–Crippen LogP) is 2.55. The summed E-state index contributed by atoms with van der Waals surface area (Å²) in [6.07, 6.45) is 3.41. The minimum absolute atomic E-state index is 0.413. The number of fused-ring (bicyclic) bond motifs is 3. The van der Waals surface area contributed by atoms with Crippen molar-refractivity contribution >= 4 is 40.6 Å². The second-order valence-electron chi connectivity index (χ2n) is 6.15. The first-order valence-corrected chi connectivity index (χ1v) is 11.2. The maximum absolute atomic E-state index is 5.73. The van der Waals surface area contributed by atoms with E-state index in [1.165, 1.54) is 0 Å². The number of nitrogens with zero attached hydrogens (tertiary/aromatic N) is 6. The van der Waals surface area contributed by atoms with E-state index in [9.17, 15) is 0 Å². The van der Waals surface area contributed by atoms with Crippen molar-refractivity contribution in [3.05, 3.63) is 17.1 Å². The molecular weight excluding hydrogens is 352 g/mol. The second-order valence-corrected chi connectivity index (χ2v) is 12.5. The van der Waals surface area contributed by atoms with Gasteiger partial charge < -0.3 is 4.74 Å². The minimum atomic E-state index is -1.06. The molecule has 9 heteroatoms. The fourth-order valence-electron chi connectivity index (χ4n) is 2.00. The Morgan fingerprint density at radius 2 is 2.14 bits per heavy atom. The zero-order valence-electron chi connectivity index (χ0n) is 12.2. The molecule has 112 valence electrons. The highest BCUT2D eigenvalue weighted by molar-refractivity contribution is 9.10. The van der Waals surface area contributed by atoms with Crippen LogP contribution in [0.25, 0.3) is 16.6 Å². The molecule has 0 fully saturated rings. The van der Waals surface area contributed by atoms with E-state index in [-0.39, 0.29) is 0 Å². The second kappa shape index (κ2) is 5.47. The van der Waals surface area contributed by atoms with Crippen molar-refractivity contribution in [2.75, 3.05) is 6.61 Å². The molecular formula is C12H17BrN6OSi. The quantitative estimate of drug-likeness (QED) is 0.511. The lowest BCUT2D eigenvalue weighted by atomic mass is 10.3. The van der Waals surface area contributed by atoms with E-state index in [4.69, 9.17) is 4.74 Å². The number of aromatic nitrogens is 6. The zero-order chi connectivity index (χ0) is 15.0. The van der Waals surface area contributed by atoms with E-state index >= 15 is 0 Å². The normalized spacial score (nSPS) is 12.6. The maximum atomic E-state index is 5.73. The van der Waals surface area contributed by atoms with Gasteiger partial charge in [-0.05, 0) is 22.0 Å². The number of hydrogen-bond acceptors (Lipinski definition) is 5. The predicted molar refractivity (Wildman–Crippen MR) is 85.9 cm³/mol. The molecule has 0 N–H and O–H groups in total. The van der Waals surface area contributed by atoms with E-state index in [1.807, 2.05) is 0 Å². The van der Waals surface area contributed by atoms with Crippen LogP contribution in [0.4, 0.5) is 0 Å². The monoisotopic (exact) mass is 368 g/mol. The molecule has 0 unspecified atom stereocenters. The molecule has 3 aromatic rings. The van der Waals surface area contributed by atoms with E-state index in [1.54, 1.807) is 21.7 Å². The summed E-state index contributed by atoms with van der Waals surface area (Å²) in [5.41, 5.74) is 1.65. The van der Waals surface area contributed by atoms with Gasteiger partial charge in [0.25, 0.3) is 0 Å². The molecule has 0 saturated heterocycles. The van der Waals surface area contributed by atoms with Gasteiger partial charge in [-0.1, -0.05) is 24.9 Å². The van der Waals surface area contributed by atoms with Gasteiger partial charge in [0.1, 0.15) is 18.6 Å². The molecule has 0 saturated carbocycles. The summed E-state index contributed by atoms with van der Waals surface area (Å²) >= 11 is 3.40. The third kappa shape index (κ3) is 2.99. The number of rotatable bonds is 5. The molecule has 0 spiro atoms. The van der Waals surface area contributed by atoms with Crippen LogP contribution in [0.1, 0.15) is 0 Å². The first-order valence-electron chi connectivity index (χ1n) is 6.74. The van der Waals surface area contributed by atoms with Gasteiger partial charge in [-0.3, -0.25) is 0 Å². The van der Waals surface area contributed by atoms with Crippen molar-refractivity contribution in [3.8, 4) is 0 Å². The van der Waals surface area contributed by atoms with Crippen molar-refractivity contribution < 1.29 is 4.74 Å². The highest BCUT2D eigenvalue weighted by Gasteiger charge is 2.14. The molecule has 0 amide bonds. The van der Waals surface area contributed by atoms with Gasteiger partial charge in [-0.25, -0.2) is 14.2 Å². The molecule has 0 bridgehead atoms. The van der Waals surface area contributed by atoms with Crippen LogP contribution in [0.3, 0.4) is 0 Å². The van der Waals surface area contributed by atoms with Gasteiger partial charge in [0.05, 0.1) is 11.6 Å². The van der Waals surface area contributed by atoms with Crippen molar-refractivity contribution in [2.24, 2.45) is 0 Å². The molecule has 3 rings (SSSR count). The summed E-state index contributed by atoms with van der Waals surface area (Å²) in [6, 6.07) is 1.14. The van der Waals surface area contributed by atoms with Crippen LogP contribution in [0.2, 0.25) is 25.7 Å². The van der Waals surface area contributed by atoms with Crippen molar-refractivity contribution in [2.45, 2.75) is 32.4 Å². The zero-order valence-corrected chi connectivity index (χ0v) is 14.8. The Balaban J connectivity index is 1.81. The lowest BCUT2D eigenvalue weighted by Gasteiger charge is -2.15. The van der Waals surface area contributed by atoms with Crippen LogP contribution in [-0.2, 0) is 11.5 Å². The van der Waals surface area contributed by atoms with Crippen LogP contribution in [0, 0.1) is 0 Å². The summed E-state index contributed by atoms with van der Waals surface area (Å²) in [5, 5.41) is 13.2. The Morgan fingerprint density at radius 3 is 2.90 bits per heavy atom. The SMILES string of the molecule is C[Si](C)(C)CCOCn1ncc2c1ncn1nnc(Br)c21. The highest BCUT2D eigenvalue weighted by atomic mass is 79.9. The van der Waals surface area contributed by atoms with Gasteiger partial charge in [0, 0.05) is 14.7 Å². The van der Waals surface area contributed by atoms with Crippen LogP contribution in [0.5, 0.6) is 0 Å². The number of halogens is 1. The van der Waals surface area contributed by atoms with E-state index in [2.05, 4.69) is 56.0 Å². The molecule has 0 aliphatic carbocycles. The topological polar surface area (TPSA) is 70.1 Å². The van der Waals surface area contributed by atoms with E-state index < -0.39 is 8.07 Å². The molecule has 0 atom stereocenters. The molecule has 7 nitrogen and oxygen atoms in total. The number of hydrogen-bond donors (Lipinski definition) is 0. The highest BCUT2D eigenvalue weighted by Crippen LogP contribution is 2.23. The van der Waals surface area contributed by atoms with Gasteiger partial charge in [0.2, 0.25) is 0 Å².